The van der Waals surface area contributed by atoms with Gasteiger partial charge in [-0.1, -0.05) is 20.8 Å². The van der Waals surface area contributed by atoms with Gasteiger partial charge < -0.3 is 14.6 Å². The van der Waals surface area contributed by atoms with Gasteiger partial charge in [-0.15, -0.1) is 0 Å². The molecule has 0 radical (unpaired) electrons. The highest BCUT2D eigenvalue weighted by Crippen LogP contribution is 2.19. The molecule has 1 heterocycles. The van der Waals surface area contributed by atoms with Gasteiger partial charge in [0.2, 0.25) is 0 Å². The Hall–Kier alpha value is -1.36. The summed E-state index contributed by atoms with van der Waals surface area (Å²) in [5.41, 5.74) is 0.0159. The fourth-order valence-electron chi connectivity index (χ4n) is 1.78. The highest BCUT2D eigenvalue weighted by Gasteiger charge is 2.18. The lowest BCUT2D eigenvalue weighted by Crippen LogP contribution is -2.30. The number of nitrogens with zero attached hydrogens (tertiary/aromatic N) is 2. The van der Waals surface area contributed by atoms with Crippen LogP contribution >= 0.6 is 0 Å². The predicted octanol–water partition coefficient (Wildman–Crippen LogP) is 2.13. The second-order valence-corrected chi connectivity index (χ2v) is 5.53. The van der Waals surface area contributed by atoms with Crippen LogP contribution in [0.3, 0.4) is 0 Å². The number of aromatic nitrogens is 2. The maximum Gasteiger partial charge on any atom is 0.293 e. The molecule has 0 aliphatic rings. The number of ether oxygens (including phenoxy) is 1. The Bertz CT molecular complexity index is 441. The van der Waals surface area contributed by atoms with E-state index in [1.165, 1.54) is 0 Å². The lowest BCUT2D eigenvalue weighted by atomic mass is 9.90. The van der Waals surface area contributed by atoms with Gasteiger partial charge >= 0.3 is 0 Å². The van der Waals surface area contributed by atoms with Crippen LogP contribution in [0.15, 0.2) is 17.2 Å². The fourth-order valence-corrected chi connectivity index (χ4v) is 1.78. The molecule has 1 aromatic rings. The minimum absolute atomic E-state index is 0.0492. The first kappa shape index (κ1) is 15.7. The highest BCUT2D eigenvalue weighted by molar-refractivity contribution is 5.31. The molecule has 5 heteroatoms. The van der Waals surface area contributed by atoms with Gasteiger partial charge in [-0.2, -0.15) is 0 Å². The molecule has 0 fully saturated rings. The van der Waals surface area contributed by atoms with Gasteiger partial charge in [0.1, 0.15) is 0 Å². The van der Waals surface area contributed by atoms with Gasteiger partial charge in [0, 0.05) is 39.2 Å². The Labute approximate surface area is 115 Å². The summed E-state index contributed by atoms with van der Waals surface area (Å²) in [4.78, 5) is 16.2. The monoisotopic (exact) mass is 267 g/mol. The summed E-state index contributed by atoms with van der Waals surface area (Å²) < 4.78 is 6.79. The third-order valence-corrected chi connectivity index (χ3v) is 3.10. The topological polar surface area (TPSA) is 56.1 Å². The molecule has 0 spiro atoms. The fraction of sp³-hybridized carbons (Fsp3) is 0.714. The first-order valence-corrected chi connectivity index (χ1v) is 6.78. The van der Waals surface area contributed by atoms with Crippen LogP contribution in [0.1, 0.15) is 33.6 Å². The number of hydrogen-bond acceptors (Lipinski definition) is 4. The zero-order valence-corrected chi connectivity index (χ0v) is 12.4. The molecule has 1 rings (SSSR count). The van der Waals surface area contributed by atoms with E-state index in [-0.39, 0.29) is 11.0 Å². The maximum absolute atomic E-state index is 12.1. The largest absolute Gasteiger partial charge is 0.385 e. The van der Waals surface area contributed by atoms with Gasteiger partial charge in [-0.05, 0) is 18.3 Å². The van der Waals surface area contributed by atoms with Crippen molar-refractivity contribution in [3.63, 3.8) is 0 Å². The van der Waals surface area contributed by atoms with Crippen molar-refractivity contribution in [1.29, 1.82) is 0 Å². The smallest absolute Gasteiger partial charge is 0.293 e. The van der Waals surface area contributed by atoms with E-state index in [2.05, 4.69) is 24.1 Å². The Kier molecular flexibility index (Phi) is 6.02. The zero-order valence-electron chi connectivity index (χ0n) is 12.4. The summed E-state index contributed by atoms with van der Waals surface area (Å²) in [5, 5.41) is 3.16. The van der Waals surface area contributed by atoms with Crippen LogP contribution in [0.25, 0.3) is 0 Å². The molecule has 108 valence electrons. The maximum atomic E-state index is 12.1. The Morgan fingerprint density at radius 1 is 1.47 bits per heavy atom. The van der Waals surface area contributed by atoms with Crippen LogP contribution in [0.2, 0.25) is 0 Å². The summed E-state index contributed by atoms with van der Waals surface area (Å²) in [7, 11) is 1.70. The SMILES string of the molecule is CCCn1ccnc(NCC(C)(C)CCOC)c1=O. The van der Waals surface area contributed by atoms with E-state index in [4.69, 9.17) is 4.74 Å². The average Bonchev–Trinajstić information content (AvgIpc) is 2.38. The Morgan fingerprint density at radius 2 is 2.21 bits per heavy atom. The van der Waals surface area contributed by atoms with Crippen molar-refractivity contribution in [2.45, 2.75) is 40.2 Å². The van der Waals surface area contributed by atoms with Crippen molar-refractivity contribution >= 4 is 5.82 Å². The zero-order chi connectivity index (χ0) is 14.3. The van der Waals surface area contributed by atoms with Crippen LogP contribution in [0.4, 0.5) is 5.82 Å². The second-order valence-electron chi connectivity index (χ2n) is 5.53. The average molecular weight is 267 g/mol. The van der Waals surface area contributed by atoms with E-state index >= 15 is 0 Å². The van der Waals surface area contributed by atoms with Gasteiger partial charge in [0.25, 0.3) is 5.56 Å². The van der Waals surface area contributed by atoms with Gasteiger partial charge in [0.15, 0.2) is 5.82 Å². The van der Waals surface area contributed by atoms with E-state index < -0.39 is 0 Å². The molecule has 1 aromatic heterocycles. The van der Waals surface area contributed by atoms with E-state index in [9.17, 15) is 4.79 Å². The van der Waals surface area contributed by atoms with Crippen molar-refractivity contribution in [2.24, 2.45) is 5.41 Å². The molecule has 0 aliphatic carbocycles. The lowest BCUT2D eigenvalue weighted by Gasteiger charge is -2.24. The molecule has 19 heavy (non-hydrogen) atoms. The summed E-state index contributed by atoms with van der Waals surface area (Å²) in [6.45, 7) is 8.49. The van der Waals surface area contributed by atoms with E-state index in [1.807, 2.05) is 6.92 Å². The van der Waals surface area contributed by atoms with Crippen LogP contribution in [0.5, 0.6) is 0 Å². The normalized spacial score (nSPS) is 11.6. The summed E-state index contributed by atoms with van der Waals surface area (Å²) in [6, 6.07) is 0. The van der Waals surface area contributed by atoms with E-state index in [1.54, 1.807) is 24.1 Å². The van der Waals surface area contributed by atoms with Crippen LogP contribution in [-0.4, -0.2) is 29.8 Å². The molecular weight excluding hydrogens is 242 g/mol. The first-order chi connectivity index (χ1) is 9.00. The lowest BCUT2D eigenvalue weighted by molar-refractivity contribution is 0.157. The summed E-state index contributed by atoms with van der Waals surface area (Å²) in [6.07, 6.45) is 5.27. The van der Waals surface area contributed by atoms with Crippen molar-refractivity contribution < 1.29 is 4.74 Å². The first-order valence-electron chi connectivity index (χ1n) is 6.78. The van der Waals surface area contributed by atoms with Crippen LogP contribution in [-0.2, 0) is 11.3 Å². The molecule has 5 nitrogen and oxygen atoms in total. The van der Waals surface area contributed by atoms with Crippen LogP contribution < -0.4 is 10.9 Å². The minimum atomic E-state index is -0.0492. The molecule has 0 unspecified atom stereocenters. The van der Waals surface area contributed by atoms with Crippen molar-refractivity contribution in [3.05, 3.63) is 22.7 Å². The van der Waals surface area contributed by atoms with Crippen LogP contribution in [0, 0.1) is 5.41 Å². The van der Waals surface area contributed by atoms with E-state index in [0.717, 1.165) is 26.0 Å². The quantitative estimate of drug-likeness (QED) is 0.784. The molecular formula is C14H25N3O2. The molecule has 0 atom stereocenters. The van der Waals surface area contributed by atoms with Gasteiger partial charge in [-0.3, -0.25) is 4.79 Å². The third kappa shape index (κ3) is 5.03. The number of methoxy groups -OCH3 is 1. The number of hydrogen-bond donors (Lipinski definition) is 1. The Morgan fingerprint density at radius 3 is 2.84 bits per heavy atom. The number of anilines is 1. The summed E-state index contributed by atoms with van der Waals surface area (Å²) in [5.74, 6) is 0.432. The Balaban J connectivity index is 2.67. The number of rotatable bonds is 8. The second kappa shape index (κ2) is 7.28. The molecule has 0 bridgehead atoms. The third-order valence-electron chi connectivity index (χ3n) is 3.10. The van der Waals surface area contributed by atoms with E-state index in [0.29, 0.717) is 12.4 Å². The molecule has 1 N–H and O–H groups in total. The standard InChI is InChI=1S/C14H25N3O2/c1-5-8-17-9-7-15-12(13(17)18)16-11-14(2,3)6-10-19-4/h7,9H,5-6,8,10-11H2,1-4H3,(H,15,16). The van der Waals surface area contributed by atoms with Crippen molar-refractivity contribution in [2.75, 3.05) is 25.6 Å². The molecule has 0 saturated heterocycles. The van der Waals surface area contributed by atoms with Crippen molar-refractivity contribution in [3.8, 4) is 0 Å². The molecule has 0 aromatic carbocycles. The van der Waals surface area contributed by atoms with Crippen molar-refractivity contribution in [1.82, 2.24) is 9.55 Å². The molecule has 0 amide bonds. The van der Waals surface area contributed by atoms with Gasteiger partial charge in [-0.25, -0.2) is 4.98 Å². The minimum Gasteiger partial charge on any atom is -0.385 e. The number of nitrogens with one attached hydrogen (secondary N) is 1. The predicted molar refractivity (Wildman–Crippen MR) is 77.6 cm³/mol. The molecule has 0 aliphatic heterocycles. The summed E-state index contributed by atoms with van der Waals surface area (Å²) >= 11 is 0. The van der Waals surface area contributed by atoms with Gasteiger partial charge in [0.05, 0.1) is 0 Å². The number of aryl methyl sites for hydroxylation is 1. The molecule has 0 saturated carbocycles. The highest BCUT2D eigenvalue weighted by atomic mass is 16.5.